The van der Waals surface area contributed by atoms with E-state index in [-0.39, 0.29) is 10.6 Å². The Hall–Kier alpha value is -3.23. The minimum absolute atomic E-state index is 0.134. The zero-order chi connectivity index (χ0) is 28.4. The number of nitrogens with one attached hydrogen (secondary N) is 1. The molecule has 0 radical (unpaired) electrons. The molecule has 6 nitrogen and oxygen atoms in total. The van der Waals surface area contributed by atoms with Gasteiger partial charge in [0.2, 0.25) is 0 Å². The second kappa shape index (κ2) is 11.5. The molecule has 1 aliphatic heterocycles. The van der Waals surface area contributed by atoms with E-state index in [1.54, 1.807) is 30.3 Å². The molecule has 1 aliphatic rings. The van der Waals surface area contributed by atoms with E-state index in [2.05, 4.69) is 17.2 Å². The SMILES string of the molecule is COc1cc(S(C)(=O)=O)ccc1CCC#Cc1cc2c(N[C@@H]3CCN(C)C[C@@H]3F)cccc2n1CC(F)(F)F. The zero-order valence-corrected chi connectivity index (χ0v) is 22.8. The van der Waals surface area contributed by atoms with Crippen LogP contribution in [0.3, 0.4) is 0 Å². The van der Waals surface area contributed by atoms with Crippen LogP contribution in [0.4, 0.5) is 23.2 Å². The van der Waals surface area contributed by atoms with Crippen LogP contribution in [0.15, 0.2) is 47.4 Å². The number of alkyl halides is 4. The predicted octanol–water partition coefficient (Wildman–Crippen LogP) is 5.05. The second-order valence-corrected chi connectivity index (χ2v) is 11.9. The number of aryl methyl sites for hydroxylation is 1. The van der Waals surface area contributed by atoms with Gasteiger partial charge < -0.3 is 19.5 Å². The number of piperidine rings is 1. The number of benzene rings is 2. The number of ether oxygens (including phenoxy) is 1. The molecule has 11 heteroatoms. The summed E-state index contributed by atoms with van der Waals surface area (Å²) in [5, 5.41) is 3.76. The number of hydrogen-bond acceptors (Lipinski definition) is 5. The predicted molar refractivity (Wildman–Crippen MR) is 144 cm³/mol. The van der Waals surface area contributed by atoms with E-state index in [0.29, 0.717) is 48.1 Å². The molecular weight excluding hydrogens is 534 g/mol. The third kappa shape index (κ3) is 7.05. The van der Waals surface area contributed by atoms with Gasteiger partial charge in [-0.3, -0.25) is 0 Å². The first-order chi connectivity index (χ1) is 18.4. The number of fused-ring (bicyclic) bond motifs is 1. The van der Waals surface area contributed by atoms with Crippen molar-refractivity contribution in [3.8, 4) is 17.6 Å². The summed E-state index contributed by atoms with van der Waals surface area (Å²) in [5.41, 5.74) is 1.88. The van der Waals surface area contributed by atoms with E-state index >= 15 is 0 Å². The second-order valence-electron chi connectivity index (χ2n) is 9.83. The molecule has 2 atom stereocenters. The molecule has 2 aromatic carbocycles. The smallest absolute Gasteiger partial charge is 0.406 e. The maximum Gasteiger partial charge on any atom is 0.406 e. The van der Waals surface area contributed by atoms with Crippen molar-refractivity contribution in [1.82, 2.24) is 9.47 Å². The molecule has 1 aromatic heterocycles. The zero-order valence-electron chi connectivity index (χ0n) is 22.0. The van der Waals surface area contributed by atoms with E-state index < -0.39 is 34.8 Å². The molecule has 0 spiro atoms. The number of nitrogens with zero attached hydrogens (tertiary/aromatic N) is 2. The Bertz CT molecular complexity index is 1510. The van der Waals surface area contributed by atoms with E-state index in [1.165, 1.54) is 19.2 Å². The highest BCUT2D eigenvalue weighted by Gasteiger charge is 2.31. The standard InChI is InChI=1S/C28H31F4N3O3S/c1-34-14-13-25(23(29)17-34)33-24-9-6-10-26-22(24)15-20(35(26)18-28(30,31)32)8-5-4-7-19-11-12-21(39(3,36)37)16-27(19)38-2/h6,9-12,15-16,23,25,33H,4,7,13-14,17-18H2,1-3H3/t23-,25+/m0/s1. The lowest BCUT2D eigenvalue weighted by atomic mass is 10.0. The number of likely N-dealkylation sites (tertiary alicyclic amines) is 1. The fraction of sp³-hybridized carbons (Fsp3) is 0.429. The van der Waals surface area contributed by atoms with Crippen LogP contribution in [0.2, 0.25) is 0 Å². The molecule has 0 aliphatic carbocycles. The van der Waals surface area contributed by atoms with Crippen LogP contribution in [-0.2, 0) is 22.8 Å². The molecule has 0 saturated carbocycles. The summed E-state index contributed by atoms with van der Waals surface area (Å²) in [4.78, 5) is 2.04. The van der Waals surface area contributed by atoms with Crippen LogP contribution >= 0.6 is 0 Å². The number of aromatic nitrogens is 1. The van der Waals surface area contributed by atoms with Crippen LogP contribution in [0, 0.1) is 11.8 Å². The van der Waals surface area contributed by atoms with Crippen LogP contribution in [0.25, 0.3) is 10.9 Å². The van der Waals surface area contributed by atoms with Crippen molar-refractivity contribution in [2.45, 2.75) is 49.1 Å². The Balaban J connectivity index is 1.61. The molecule has 1 fully saturated rings. The lowest BCUT2D eigenvalue weighted by Crippen LogP contribution is -2.46. The Labute approximate surface area is 225 Å². The quantitative estimate of drug-likeness (QED) is 0.321. The minimum Gasteiger partial charge on any atom is -0.496 e. The van der Waals surface area contributed by atoms with Crippen molar-refractivity contribution in [2.24, 2.45) is 0 Å². The summed E-state index contributed by atoms with van der Waals surface area (Å²) in [6, 6.07) is 10.8. The summed E-state index contributed by atoms with van der Waals surface area (Å²) in [6.45, 7) is -0.187. The molecule has 1 saturated heterocycles. The van der Waals surface area contributed by atoms with Crippen molar-refractivity contribution < 1.29 is 30.7 Å². The summed E-state index contributed by atoms with van der Waals surface area (Å²) in [7, 11) is -0.103. The lowest BCUT2D eigenvalue weighted by molar-refractivity contribution is -0.140. The molecule has 0 bridgehead atoms. The number of anilines is 1. The molecule has 1 N–H and O–H groups in total. The summed E-state index contributed by atoms with van der Waals surface area (Å²) >= 11 is 0. The summed E-state index contributed by atoms with van der Waals surface area (Å²) in [5.74, 6) is 6.23. The minimum atomic E-state index is -4.46. The number of sulfone groups is 1. The van der Waals surface area contributed by atoms with Gasteiger partial charge in [-0.15, -0.1) is 0 Å². The molecule has 4 rings (SSSR count). The maximum absolute atomic E-state index is 14.7. The number of hydrogen-bond donors (Lipinski definition) is 1. The van der Waals surface area contributed by atoms with Crippen LogP contribution in [0.1, 0.15) is 24.1 Å². The van der Waals surface area contributed by atoms with Gasteiger partial charge in [0.1, 0.15) is 18.5 Å². The fourth-order valence-electron chi connectivity index (χ4n) is 4.79. The Morgan fingerprint density at radius 2 is 1.95 bits per heavy atom. The van der Waals surface area contributed by atoms with Crippen molar-refractivity contribution in [2.75, 3.05) is 38.8 Å². The highest BCUT2D eigenvalue weighted by Crippen LogP contribution is 2.32. The molecule has 0 amide bonds. The van der Waals surface area contributed by atoms with Gasteiger partial charge in [0.05, 0.1) is 29.3 Å². The third-order valence-electron chi connectivity index (χ3n) is 6.79. The van der Waals surface area contributed by atoms with E-state index in [4.69, 9.17) is 4.74 Å². The molecular formula is C28H31F4N3O3S. The molecule has 210 valence electrons. The van der Waals surface area contributed by atoms with Crippen molar-refractivity contribution in [3.05, 3.63) is 53.7 Å². The third-order valence-corrected chi connectivity index (χ3v) is 7.90. The van der Waals surface area contributed by atoms with Gasteiger partial charge in [-0.05, 0) is 61.7 Å². The first-order valence-electron chi connectivity index (χ1n) is 12.5. The largest absolute Gasteiger partial charge is 0.496 e. The van der Waals surface area contributed by atoms with Gasteiger partial charge in [-0.1, -0.05) is 18.1 Å². The summed E-state index contributed by atoms with van der Waals surface area (Å²) < 4.78 is 85.2. The lowest BCUT2D eigenvalue weighted by Gasteiger charge is -2.33. The number of rotatable bonds is 7. The van der Waals surface area contributed by atoms with Crippen molar-refractivity contribution >= 4 is 26.4 Å². The number of halogens is 4. The normalized spacial score (nSPS) is 18.5. The first-order valence-corrected chi connectivity index (χ1v) is 14.4. The van der Waals surface area contributed by atoms with Crippen LogP contribution in [-0.4, -0.2) is 69.8 Å². The van der Waals surface area contributed by atoms with Gasteiger partial charge in [0, 0.05) is 36.8 Å². The highest BCUT2D eigenvalue weighted by atomic mass is 32.2. The number of methoxy groups -OCH3 is 1. The topological polar surface area (TPSA) is 63.6 Å². The van der Waals surface area contributed by atoms with Gasteiger partial charge in [-0.25, -0.2) is 12.8 Å². The van der Waals surface area contributed by atoms with Crippen LogP contribution < -0.4 is 10.1 Å². The fourth-order valence-corrected chi connectivity index (χ4v) is 5.43. The average Bonchev–Trinajstić information content (AvgIpc) is 3.19. The van der Waals surface area contributed by atoms with Crippen molar-refractivity contribution in [3.63, 3.8) is 0 Å². The Kier molecular flexibility index (Phi) is 8.47. The van der Waals surface area contributed by atoms with Crippen molar-refractivity contribution in [1.29, 1.82) is 0 Å². The first kappa shape index (κ1) is 28.8. The van der Waals surface area contributed by atoms with E-state index in [1.807, 2.05) is 11.9 Å². The van der Waals surface area contributed by atoms with Crippen LogP contribution in [0.5, 0.6) is 5.75 Å². The summed E-state index contributed by atoms with van der Waals surface area (Å²) in [6.07, 6.45) is -3.14. The monoisotopic (exact) mass is 565 g/mol. The Morgan fingerprint density at radius 1 is 1.18 bits per heavy atom. The molecule has 3 aromatic rings. The average molecular weight is 566 g/mol. The van der Waals surface area contributed by atoms with Gasteiger partial charge in [0.25, 0.3) is 0 Å². The molecule has 39 heavy (non-hydrogen) atoms. The molecule has 0 unspecified atom stereocenters. The van der Waals surface area contributed by atoms with E-state index in [0.717, 1.165) is 22.9 Å². The molecule has 2 heterocycles. The Morgan fingerprint density at radius 3 is 2.62 bits per heavy atom. The van der Waals surface area contributed by atoms with E-state index in [9.17, 15) is 26.0 Å². The van der Waals surface area contributed by atoms with Gasteiger partial charge >= 0.3 is 6.18 Å². The highest BCUT2D eigenvalue weighted by molar-refractivity contribution is 7.90. The maximum atomic E-state index is 14.7. The van der Waals surface area contributed by atoms with Gasteiger partial charge in [-0.2, -0.15) is 13.2 Å². The van der Waals surface area contributed by atoms with Gasteiger partial charge in [0.15, 0.2) is 9.84 Å².